The highest BCUT2D eigenvalue weighted by molar-refractivity contribution is 9.10. The van der Waals surface area contributed by atoms with Gasteiger partial charge in [-0.05, 0) is 35.0 Å². The minimum atomic E-state index is -0.578. The summed E-state index contributed by atoms with van der Waals surface area (Å²) in [5.74, 6) is -0.600. The Morgan fingerprint density at radius 3 is 2.75 bits per heavy atom. The second-order valence-electron chi connectivity index (χ2n) is 3.57. The average Bonchev–Trinajstić information content (AvgIpc) is 2.33. The standard InChI is InChI=1S/C10H10BrN3O2/c1-4-9(15)14-8-6(12)3-2-5(11)7(8)10(16)13-4/h2-4H,12H2,1H3,(H,13,16)(H,14,15). The summed E-state index contributed by atoms with van der Waals surface area (Å²) in [6.07, 6.45) is 0. The van der Waals surface area contributed by atoms with Crippen LogP contribution in [0.3, 0.4) is 0 Å². The first-order valence-electron chi connectivity index (χ1n) is 4.70. The maximum atomic E-state index is 11.8. The van der Waals surface area contributed by atoms with Crippen LogP contribution in [0.25, 0.3) is 0 Å². The van der Waals surface area contributed by atoms with Crippen LogP contribution in [0.15, 0.2) is 16.6 Å². The van der Waals surface area contributed by atoms with Gasteiger partial charge in [0.2, 0.25) is 5.91 Å². The average molecular weight is 284 g/mol. The number of amides is 2. The zero-order valence-corrected chi connectivity index (χ0v) is 10.1. The third-order valence-corrected chi connectivity index (χ3v) is 3.06. The molecule has 0 fully saturated rings. The highest BCUT2D eigenvalue weighted by Gasteiger charge is 2.27. The monoisotopic (exact) mass is 283 g/mol. The molecule has 1 aromatic rings. The molecule has 0 saturated heterocycles. The van der Waals surface area contributed by atoms with E-state index in [9.17, 15) is 9.59 Å². The van der Waals surface area contributed by atoms with Crippen molar-refractivity contribution in [3.63, 3.8) is 0 Å². The lowest BCUT2D eigenvalue weighted by Gasteiger charge is -2.09. The topological polar surface area (TPSA) is 84.2 Å². The molecule has 0 spiro atoms. The first-order chi connectivity index (χ1) is 7.50. The fourth-order valence-electron chi connectivity index (χ4n) is 1.52. The van der Waals surface area contributed by atoms with Crippen LogP contribution in [0.2, 0.25) is 0 Å². The number of anilines is 2. The summed E-state index contributed by atoms with van der Waals surface area (Å²) in [4.78, 5) is 23.4. The SMILES string of the molecule is CC1NC(=O)c2c(Br)ccc(N)c2NC1=O. The molecule has 2 rings (SSSR count). The summed E-state index contributed by atoms with van der Waals surface area (Å²) in [5, 5.41) is 5.21. The molecule has 1 heterocycles. The van der Waals surface area contributed by atoms with Gasteiger partial charge in [-0.2, -0.15) is 0 Å². The highest BCUT2D eigenvalue weighted by Crippen LogP contribution is 2.31. The minimum absolute atomic E-state index is 0.281. The Hall–Kier alpha value is -1.56. The lowest BCUT2D eigenvalue weighted by molar-refractivity contribution is -0.117. The zero-order chi connectivity index (χ0) is 11.9. The van der Waals surface area contributed by atoms with Crippen LogP contribution in [-0.2, 0) is 4.79 Å². The third kappa shape index (κ3) is 1.65. The summed E-state index contributed by atoms with van der Waals surface area (Å²) in [5.41, 5.74) is 6.83. The molecule has 84 valence electrons. The molecule has 1 unspecified atom stereocenters. The van der Waals surface area contributed by atoms with E-state index < -0.39 is 6.04 Å². The highest BCUT2D eigenvalue weighted by atomic mass is 79.9. The number of rotatable bonds is 0. The Balaban J connectivity index is 2.64. The molecule has 6 heteroatoms. The number of carbonyl (C=O) groups excluding carboxylic acids is 2. The van der Waals surface area contributed by atoms with Crippen LogP contribution < -0.4 is 16.4 Å². The van der Waals surface area contributed by atoms with E-state index >= 15 is 0 Å². The van der Waals surface area contributed by atoms with Gasteiger partial charge in [0.05, 0.1) is 16.9 Å². The van der Waals surface area contributed by atoms with Gasteiger partial charge in [0.15, 0.2) is 0 Å². The maximum Gasteiger partial charge on any atom is 0.255 e. The predicted octanol–water partition coefficient (Wildman–Crippen LogP) is 1.10. The van der Waals surface area contributed by atoms with Crippen molar-refractivity contribution in [3.8, 4) is 0 Å². The van der Waals surface area contributed by atoms with Crippen molar-refractivity contribution in [3.05, 3.63) is 22.2 Å². The molecule has 5 nitrogen and oxygen atoms in total. The molecule has 0 saturated carbocycles. The van der Waals surface area contributed by atoms with Crippen molar-refractivity contribution < 1.29 is 9.59 Å². The van der Waals surface area contributed by atoms with E-state index in [-0.39, 0.29) is 11.8 Å². The molecule has 4 N–H and O–H groups in total. The second-order valence-corrected chi connectivity index (χ2v) is 4.43. The van der Waals surface area contributed by atoms with Gasteiger partial charge in [-0.15, -0.1) is 0 Å². The van der Waals surface area contributed by atoms with Gasteiger partial charge in [0, 0.05) is 4.47 Å². The predicted molar refractivity (Wildman–Crippen MR) is 64.1 cm³/mol. The Labute approximate surface area is 101 Å². The fraction of sp³-hybridized carbons (Fsp3) is 0.200. The fourth-order valence-corrected chi connectivity index (χ4v) is 2.03. The largest absolute Gasteiger partial charge is 0.397 e. The normalized spacial score (nSPS) is 19.5. The smallest absolute Gasteiger partial charge is 0.255 e. The Morgan fingerprint density at radius 2 is 2.06 bits per heavy atom. The summed E-state index contributed by atoms with van der Waals surface area (Å²) in [7, 11) is 0. The van der Waals surface area contributed by atoms with Gasteiger partial charge < -0.3 is 16.4 Å². The number of nitrogens with one attached hydrogen (secondary N) is 2. The maximum absolute atomic E-state index is 11.8. The van der Waals surface area contributed by atoms with E-state index in [1.165, 1.54) is 0 Å². The van der Waals surface area contributed by atoms with Gasteiger partial charge in [0.25, 0.3) is 5.91 Å². The molecule has 1 atom stereocenters. The van der Waals surface area contributed by atoms with Crippen molar-refractivity contribution >= 4 is 39.1 Å². The van der Waals surface area contributed by atoms with E-state index in [0.29, 0.717) is 21.4 Å². The van der Waals surface area contributed by atoms with Crippen molar-refractivity contribution in [2.24, 2.45) is 0 Å². The van der Waals surface area contributed by atoms with Crippen LogP contribution in [0.5, 0.6) is 0 Å². The van der Waals surface area contributed by atoms with Gasteiger partial charge >= 0.3 is 0 Å². The third-order valence-electron chi connectivity index (χ3n) is 2.40. The molecule has 1 aliphatic rings. The van der Waals surface area contributed by atoms with Crippen molar-refractivity contribution in [1.29, 1.82) is 0 Å². The molecular formula is C10H10BrN3O2. The number of hydrogen-bond acceptors (Lipinski definition) is 3. The second kappa shape index (κ2) is 3.79. The summed E-state index contributed by atoms with van der Waals surface area (Å²) in [6, 6.07) is 2.73. The number of halogens is 1. The number of hydrogen-bond donors (Lipinski definition) is 3. The van der Waals surface area contributed by atoms with Crippen molar-refractivity contribution in [1.82, 2.24) is 5.32 Å². The summed E-state index contributed by atoms with van der Waals surface area (Å²) in [6.45, 7) is 1.61. The number of nitrogen functional groups attached to an aromatic ring is 1. The first kappa shape index (κ1) is 10.9. The molecule has 1 aromatic carbocycles. The number of fused-ring (bicyclic) bond motifs is 1. The van der Waals surface area contributed by atoms with E-state index in [1.54, 1.807) is 19.1 Å². The van der Waals surface area contributed by atoms with Crippen LogP contribution in [0, 0.1) is 0 Å². The van der Waals surface area contributed by atoms with Crippen LogP contribution >= 0.6 is 15.9 Å². The molecular weight excluding hydrogens is 274 g/mol. The number of nitrogens with two attached hydrogens (primary N) is 1. The summed E-state index contributed by atoms with van der Waals surface area (Å²) < 4.78 is 0.601. The number of carbonyl (C=O) groups is 2. The number of benzene rings is 1. The first-order valence-corrected chi connectivity index (χ1v) is 5.49. The van der Waals surface area contributed by atoms with Crippen molar-refractivity contribution in [2.45, 2.75) is 13.0 Å². The van der Waals surface area contributed by atoms with Gasteiger partial charge in [0.1, 0.15) is 6.04 Å². The molecule has 2 amide bonds. The minimum Gasteiger partial charge on any atom is -0.397 e. The molecule has 0 radical (unpaired) electrons. The molecule has 0 aliphatic carbocycles. The van der Waals surface area contributed by atoms with Gasteiger partial charge in [-0.25, -0.2) is 0 Å². The van der Waals surface area contributed by atoms with Crippen molar-refractivity contribution in [2.75, 3.05) is 11.1 Å². The van der Waals surface area contributed by atoms with Crippen LogP contribution in [-0.4, -0.2) is 17.9 Å². The molecule has 1 aliphatic heterocycles. The van der Waals surface area contributed by atoms with Crippen LogP contribution in [0.1, 0.15) is 17.3 Å². The van der Waals surface area contributed by atoms with Crippen LogP contribution in [0.4, 0.5) is 11.4 Å². The van der Waals surface area contributed by atoms with E-state index in [4.69, 9.17) is 5.73 Å². The Kier molecular flexibility index (Phi) is 2.59. The zero-order valence-electron chi connectivity index (χ0n) is 8.50. The van der Waals surface area contributed by atoms with E-state index in [0.717, 1.165) is 0 Å². The quantitative estimate of drug-likeness (QED) is 0.624. The Morgan fingerprint density at radius 1 is 1.38 bits per heavy atom. The lowest BCUT2D eigenvalue weighted by atomic mass is 10.1. The van der Waals surface area contributed by atoms with E-state index in [1.807, 2.05) is 0 Å². The lowest BCUT2D eigenvalue weighted by Crippen LogP contribution is -2.38. The van der Waals surface area contributed by atoms with Gasteiger partial charge in [-0.1, -0.05) is 0 Å². The summed E-state index contributed by atoms with van der Waals surface area (Å²) >= 11 is 3.26. The Bertz CT molecular complexity index is 487. The molecule has 0 bridgehead atoms. The van der Waals surface area contributed by atoms with Gasteiger partial charge in [-0.3, -0.25) is 9.59 Å². The molecule has 0 aromatic heterocycles. The molecule has 16 heavy (non-hydrogen) atoms. The van der Waals surface area contributed by atoms with E-state index in [2.05, 4.69) is 26.6 Å².